The molecule has 0 N–H and O–H groups in total. The molecule has 1 fully saturated rings. The maximum Gasteiger partial charge on any atom is 0.270 e. The third kappa shape index (κ3) is 2.88. The van der Waals surface area contributed by atoms with Crippen molar-refractivity contribution in [2.75, 3.05) is 18.8 Å². The van der Waals surface area contributed by atoms with Crippen LogP contribution < -0.4 is 0 Å². The van der Waals surface area contributed by atoms with Crippen molar-refractivity contribution in [1.29, 1.82) is 0 Å². The SMILES string of the molecule is Cn1cc(Br)cc1C(=O)N1CCSC(C)(C)C1. The van der Waals surface area contributed by atoms with E-state index in [1.165, 1.54) is 0 Å². The first kappa shape index (κ1) is 13.0. The number of carbonyl (C=O) groups excluding carboxylic acids is 1. The molecule has 0 radical (unpaired) electrons. The van der Waals surface area contributed by atoms with Crippen molar-refractivity contribution in [3.05, 3.63) is 22.4 Å². The normalized spacial score (nSPS) is 19.4. The van der Waals surface area contributed by atoms with Crippen molar-refractivity contribution in [1.82, 2.24) is 9.47 Å². The van der Waals surface area contributed by atoms with Crippen LogP contribution in [0.4, 0.5) is 0 Å². The van der Waals surface area contributed by atoms with Crippen molar-refractivity contribution in [3.63, 3.8) is 0 Å². The van der Waals surface area contributed by atoms with E-state index in [1.807, 2.05) is 40.5 Å². The first-order chi connectivity index (χ1) is 7.89. The highest BCUT2D eigenvalue weighted by molar-refractivity contribution is 9.10. The predicted molar refractivity (Wildman–Crippen MR) is 75.6 cm³/mol. The molecule has 1 aromatic rings. The average molecular weight is 317 g/mol. The summed E-state index contributed by atoms with van der Waals surface area (Å²) in [6.45, 7) is 6.05. The quantitative estimate of drug-likeness (QED) is 0.796. The summed E-state index contributed by atoms with van der Waals surface area (Å²) in [7, 11) is 1.90. The molecule has 1 amide bonds. The number of halogens is 1. The van der Waals surface area contributed by atoms with Crippen molar-refractivity contribution >= 4 is 33.6 Å². The molecule has 0 bridgehead atoms. The Morgan fingerprint density at radius 2 is 2.24 bits per heavy atom. The predicted octanol–water partition coefficient (Wildman–Crippen LogP) is 2.76. The van der Waals surface area contributed by atoms with E-state index in [-0.39, 0.29) is 10.7 Å². The molecular weight excluding hydrogens is 300 g/mol. The van der Waals surface area contributed by atoms with Gasteiger partial charge >= 0.3 is 0 Å². The van der Waals surface area contributed by atoms with Crippen LogP contribution in [0.1, 0.15) is 24.3 Å². The van der Waals surface area contributed by atoms with Crippen LogP contribution in [0, 0.1) is 0 Å². The van der Waals surface area contributed by atoms with Crippen LogP contribution in [-0.4, -0.2) is 39.0 Å². The van der Waals surface area contributed by atoms with Gasteiger partial charge in [-0.15, -0.1) is 0 Å². The molecule has 0 unspecified atom stereocenters. The molecule has 2 rings (SSSR count). The Kier molecular flexibility index (Phi) is 3.59. The van der Waals surface area contributed by atoms with E-state index in [0.29, 0.717) is 0 Å². The summed E-state index contributed by atoms with van der Waals surface area (Å²) >= 11 is 5.34. The van der Waals surface area contributed by atoms with E-state index in [4.69, 9.17) is 0 Å². The molecule has 1 aromatic heterocycles. The lowest BCUT2D eigenvalue weighted by Crippen LogP contribution is -2.46. The van der Waals surface area contributed by atoms with Crippen molar-refractivity contribution in [2.24, 2.45) is 7.05 Å². The molecule has 1 aliphatic heterocycles. The Bertz CT molecular complexity index is 442. The molecule has 1 saturated heterocycles. The standard InChI is InChI=1S/C12H17BrN2OS/c1-12(2)8-15(4-5-17-12)11(16)10-6-9(13)7-14(10)3/h6-7H,4-5,8H2,1-3H3. The molecule has 0 atom stereocenters. The zero-order valence-electron chi connectivity index (χ0n) is 10.4. The zero-order chi connectivity index (χ0) is 12.6. The van der Waals surface area contributed by atoms with Gasteiger partial charge in [-0.2, -0.15) is 11.8 Å². The maximum atomic E-state index is 12.4. The number of rotatable bonds is 1. The summed E-state index contributed by atoms with van der Waals surface area (Å²) in [5.41, 5.74) is 0.750. The first-order valence-corrected chi connectivity index (χ1v) is 7.42. The lowest BCUT2D eigenvalue weighted by molar-refractivity contribution is 0.0738. The second kappa shape index (κ2) is 4.69. The molecular formula is C12H17BrN2OS. The molecule has 0 saturated carbocycles. The second-order valence-electron chi connectivity index (χ2n) is 4.99. The molecule has 0 aliphatic carbocycles. The fourth-order valence-corrected chi connectivity index (χ4v) is 3.72. The van der Waals surface area contributed by atoms with Crippen LogP contribution in [0.2, 0.25) is 0 Å². The summed E-state index contributed by atoms with van der Waals surface area (Å²) in [5.74, 6) is 1.15. The van der Waals surface area contributed by atoms with Gasteiger partial charge in [-0.1, -0.05) is 0 Å². The van der Waals surface area contributed by atoms with Gasteiger partial charge in [-0.25, -0.2) is 0 Å². The number of amides is 1. The molecule has 5 heteroatoms. The van der Waals surface area contributed by atoms with Crippen LogP contribution in [0.5, 0.6) is 0 Å². The summed E-state index contributed by atoms with van der Waals surface area (Å²) in [4.78, 5) is 14.4. The Morgan fingerprint density at radius 3 is 2.76 bits per heavy atom. The third-order valence-corrected chi connectivity index (χ3v) is 4.63. The van der Waals surface area contributed by atoms with Crippen molar-refractivity contribution in [3.8, 4) is 0 Å². The van der Waals surface area contributed by atoms with Crippen LogP contribution >= 0.6 is 27.7 Å². The number of aromatic nitrogens is 1. The molecule has 1 aliphatic rings. The summed E-state index contributed by atoms with van der Waals surface area (Å²) in [5, 5.41) is 0. The van der Waals surface area contributed by atoms with E-state index in [0.717, 1.165) is 29.0 Å². The average Bonchev–Trinajstić information content (AvgIpc) is 2.55. The van der Waals surface area contributed by atoms with Crippen molar-refractivity contribution in [2.45, 2.75) is 18.6 Å². The lowest BCUT2D eigenvalue weighted by Gasteiger charge is -2.37. The molecule has 3 nitrogen and oxygen atoms in total. The number of carbonyl (C=O) groups is 1. The van der Waals surface area contributed by atoms with Crippen molar-refractivity contribution < 1.29 is 4.79 Å². The number of hydrogen-bond donors (Lipinski definition) is 0. The smallest absolute Gasteiger partial charge is 0.270 e. The third-order valence-electron chi connectivity index (χ3n) is 2.90. The van der Waals surface area contributed by atoms with Gasteiger partial charge < -0.3 is 9.47 Å². The van der Waals surface area contributed by atoms with Crippen LogP contribution in [-0.2, 0) is 7.05 Å². The van der Waals surface area contributed by atoms with Crippen LogP contribution in [0.15, 0.2) is 16.7 Å². The number of hydrogen-bond acceptors (Lipinski definition) is 2. The van der Waals surface area contributed by atoms with Gasteiger partial charge in [-0.3, -0.25) is 4.79 Å². The Hall–Kier alpha value is -0.420. The van der Waals surface area contributed by atoms with Gasteiger partial charge in [0.05, 0.1) is 0 Å². The number of thioether (sulfide) groups is 1. The monoisotopic (exact) mass is 316 g/mol. The Labute approximate surface area is 115 Å². The second-order valence-corrected chi connectivity index (χ2v) is 7.71. The fourth-order valence-electron chi connectivity index (χ4n) is 2.09. The zero-order valence-corrected chi connectivity index (χ0v) is 12.8. The number of aryl methyl sites for hydroxylation is 1. The van der Waals surface area contributed by atoms with E-state index in [2.05, 4.69) is 29.8 Å². The molecule has 17 heavy (non-hydrogen) atoms. The summed E-state index contributed by atoms with van der Waals surface area (Å²) < 4.78 is 2.99. The largest absolute Gasteiger partial charge is 0.345 e. The van der Waals surface area contributed by atoms with Gasteiger partial charge in [0.1, 0.15) is 5.69 Å². The van der Waals surface area contributed by atoms with Gasteiger partial charge in [0.2, 0.25) is 0 Å². The van der Waals surface area contributed by atoms with E-state index >= 15 is 0 Å². The lowest BCUT2D eigenvalue weighted by atomic mass is 10.1. The summed E-state index contributed by atoms with van der Waals surface area (Å²) in [6.07, 6.45) is 1.91. The van der Waals surface area contributed by atoms with Crippen LogP contribution in [0.25, 0.3) is 0 Å². The first-order valence-electron chi connectivity index (χ1n) is 5.64. The topological polar surface area (TPSA) is 25.2 Å². The molecule has 0 aromatic carbocycles. The highest BCUT2D eigenvalue weighted by Gasteiger charge is 2.31. The van der Waals surface area contributed by atoms with E-state index < -0.39 is 0 Å². The summed E-state index contributed by atoms with van der Waals surface area (Å²) in [6, 6.07) is 1.89. The van der Waals surface area contributed by atoms with Gasteiger partial charge in [0.15, 0.2) is 0 Å². The minimum Gasteiger partial charge on any atom is -0.345 e. The molecule has 0 spiro atoms. The maximum absolute atomic E-state index is 12.4. The number of nitrogens with zero attached hydrogens (tertiary/aromatic N) is 2. The Morgan fingerprint density at radius 1 is 1.53 bits per heavy atom. The van der Waals surface area contributed by atoms with E-state index in [1.54, 1.807) is 0 Å². The highest BCUT2D eigenvalue weighted by atomic mass is 79.9. The molecule has 2 heterocycles. The van der Waals surface area contributed by atoms with Gasteiger partial charge in [0, 0.05) is 41.3 Å². The van der Waals surface area contributed by atoms with Crippen LogP contribution in [0.3, 0.4) is 0 Å². The fraction of sp³-hybridized carbons (Fsp3) is 0.583. The highest BCUT2D eigenvalue weighted by Crippen LogP contribution is 2.30. The Balaban J connectivity index is 2.18. The van der Waals surface area contributed by atoms with Gasteiger partial charge in [0.25, 0.3) is 5.91 Å². The minimum atomic E-state index is 0.131. The minimum absolute atomic E-state index is 0.131. The van der Waals surface area contributed by atoms with E-state index in [9.17, 15) is 4.79 Å². The van der Waals surface area contributed by atoms with Gasteiger partial charge in [-0.05, 0) is 35.8 Å². The molecule has 94 valence electrons.